The average Bonchev–Trinajstić information content (AvgIpc) is 2.91. The van der Waals surface area contributed by atoms with Crippen LogP contribution in [0.4, 0.5) is 0 Å². The van der Waals surface area contributed by atoms with Crippen LogP contribution in [0.15, 0.2) is 77.9 Å². The van der Waals surface area contributed by atoms with Crippen LogP contribution in [0.25, 0.3) is 22.2 Å². The molecule has 0 fully saturated rings. The number of pyridine rings is 1. The van der Waals surface area contributed by atoms with Gasteiger partial charge in [0.1, 0.15) is 12.4 Å². The predicted molar refractivity (Wildman–Crippen MR) is 145 cm³/mol. The molecule has 0 radical (unpaired) electrons. The number of hydrazone groups is 1. The monoisotopic (exact) mass is 495 g/mol. The molecule has 4 rings (SSSR count). The van der Waals surface area contributed by atoms with Crippen molar-refractivity contribution in [1.29, 1.82) is 0 Å². The summed E-state index contributed by atoms with van der Waals surface area (Å²) in [7, 11) is 1.55. The van der Waals surface area contributed by atoms with Crippen LogP contribution in [0.1, 0.15) is 53.7 Å². The highest BCUT2D eigenvalue weighted by molar-refractivity contribution is 6.07. The Morgan fingerprint density at radius 2 is 1.78 bits per heavy atom. The number of benzene rings is 3. The molecule has 0 saturated carbocycles. The number of amides is 1. The summed E-state index contributed by atoms with van der Waals surface area (Å²) >= 11 is 0. The van der Waals surface area contributed by atoms with Crippen LogP contribution < -0.4 is 10.2 Å². The van der Waals surface area contributed by atoms with Gasteiger partial charge in [-0.1, -0.05) is 56.3 Å². The van der Waals surface area contributed by atoms with E-state index < -0.39 is 0 Å². The Hall–Kier alpha value is -4.52. The number of rotatable bonds is 8. The summed E-state index contributed by atoms with van der Waals surface area (Å²) in [5.41, 5.74) is 8.14. The third-order valence-corrected chi connectivity index (χ3v) is 5.95. The third kappa shape index (κ3) is 6.19. The van der Waals surface area contributed by atoms with Crippen LogP contribution in [-0.2, 0) is 16.1 Å². The summed E-state index contributed by atoms with van der Waals surface area (Å²) in [6.45, 7) is 5.73. The van der Waals surface area contributed by atoms with Gasteiger partial charge >= 0.3 is 5.97 Å². The van der Waals surface area contributed by atoms with Gasteiger partial charge in [0.25, 0.3) is 5.91 Å². The van der Waals surface area contributed by atoms with E-state index in [9.17, 15) is 9.59 Å². The van der Waals surface area contributed by atoms with Crippen molar-refractivity contribution < 1.29 is 19.1 Å². The van der Waals surface area contributed by atoms with Gasteiger partial charge in [-0.2, -0.15) is 5.10 Å². The molecule has 7 heteroatoms. The molecule has 0 atom stereocenters. The van der Waals surface area contributed by atoms with E-state index in [0.29, 0.717) is 34.1 Å². The lowest BCUT2D eigenvalue weighted by Crippen LogP contribution is -2.18. The van der Waals surface area contributed by atoms with Crippen LogP contribution in [0, 0.1) is 0 Å². The molecular formula is C30H29N3O4. The van der Waals surface area contributed by atoms with Crippen LogP contribution >= 0.6 is 0 Å². The number of ether oxygens (including phenoxy) is 2. The third-order valence-electron chi connectivity index (χ3n) is 5.95. The van der Waals surface area contributed by atoms with Gasteiger partial charge in [-0.15, -0.1) is 0 Å². The summed E-state index contributed by atoms with van der Waals surface area (Å²) in [5.74, 6) is 0.303. The van der Waals surface area contributed by atoms with Gasteiger partial charge in [0.2, 0.25) is 0 Å². The molecule has 0 aliphatic rings. The van der Waals surface area contributed by atoms with E-state index in [4.69, 9.17) is 14.5 Å². The van der Waals surface area contributed by atoms with Gasteiger partial charge in [0.15, 0.2) is 0 Å². The molecule has 0 aliphatic heterocycles. The normalized spacial score (nSPS) is 11.2. The molecule has 0 spiro atoms. The molecule has 0 aliphatic carbocycles. The molecular weight excluding hydrogens is 466 g/mol. The SMILES string of the molecule is COc1ccc(/C=N\NC(=O)c2cc(-c3ccc(C(C)C)cc3)nc3ccccc23)cc1COC(C)=O. The maximum absolute atomic E-state index is 13.2. The quantitative estimate of drug-likeness (QED) is 0.188. The minimum Gasteiger partial charge on any atom is -0.496 e. The number of esters is 1. The van der Waals surface area contributed by atoms with Gasteiger partial charge < -0.3 is 9.47 Å². The molecule has 0 saturated heterocycles. The van der Waals surface area contributed by atoms with Gasteiger partial charge in [-0.3, -0.25) is 9.59 Å². The van der Waals surface area contributed by atoms with E-state index in [-0.39, 0.29) is 18.5 Å². The second-order valence-electron chi connectivity index (χ2n) is 8.90. The van der Waals surface area contributed by atoms with Crippen molar-refractivity contribution in [3.8, 4) is 17.0 Å². The number of carbonyl (C=O) groups excluding carboxylic acids is 2. The first-order valence-corrected chi connectivity index (χ1v) is 12.0. The van der Waals surface area contributed by atoms with Crippen molar-refractivity contribution in [2.24, 2.45) is 5.10 Å². The fourth-order valence-corrected chi connectivity index (χ4v) is 3.95. The molecule has 1 N–H and O–H groups in total. The van der Waals surface area contributed by atoms with Crippen LogP contribution in [0.5, 0.6) is 5.75 Å². The largest absolute Gasteiger partial charge is 0.496 e. The maximum atomic E-state index is 13.2. The molecule has 1 aromatic heterocycles. The standard InChI is InChI=1S/C30H29N3O4/c1-19(2)22-10-12-23(13-11-22)28-16-26(25-7-5-6-8-27(25)32-28)30(35)33-31-17-21-9-14-29(36-4)24(15-21)18-37-20(3)34/h5-17,19H,18H2,1-4H3,(H,33,35)/b31-17-. The van der Waals surface area contributed by atoms with Crippen LogP contribution in [0.3, 0.4) is 0 Å². The van der Waals surface area contributed by atoms with Gasteiger partial charge in [-0.25, -0.2) is 10.4 Å². The molecule has 1 amide bonds. The Morgan fingerprint density at radius 3 is 2.49 bits per heavy atom. The Morgan fingerprint density at radius 1 is 1.03 bits per heavy atom. The highest BCUT2D eigenvalue weighted by Crippen LogP contribution is 2.26. The van der Waals surface area contributed by atoms with Crippen molar-refractivity contribution in [1.82, 2.24) is 10.4 Å². The van der Waals surface area contributed by atoms with E-state index in [2.05, 4.69) is 36.5 Å². The highest BCUT2D eigenvalue weighted by Gasteiger charge is 2.14. The zero-order chi connectivity index (χ0) is 26.4. The first-order chi connectivity index (χ1) is 17.9. The van der Waals surface area contributed by atoms with Gasteiger partial charge in [-0.05, 0) is 47.4 Å². The van der Waals surface area contributed by atoms with E-state index in [1.54, 1.807) is 31.4 Å². The summed E-state index contributed by atoms with van der Waals surface area (Å²) in [4.78, 5) is 29.2. The summed E-state index contributed by atoms with van der Waals surface area (Å²) in [5, 5.41) is 4.90. The first kappa shape index (κ1) is 25.6. The molecule has 1 heterocycles. The number of para-hydroxylation sites is 1. The number of hydrogen-bond donors (Lipinski definition) is 1. The smallest absolute Gasteiger partial charge is 0.302 e. The van der Waals surface area contributed by atoms with Gasteiger partial charge in [0, 0.05) is 23.4 Å². The molecule has 7 nitrogen and oxygen atoms in total. The Balaban J connectivity index is 1.59. The number of hydrogen-bond acceptors (Lipinski definition) is 6. The Labute approximate surface area is 216 Å². The van der Waals surface area contributed by atoms with Crippen molar-refractivity contribution in [2.45, 2.75) is 33.3 Å². The predicted octanol–water partition coefficient (Wildman–Crippen LogP) is 5.86. The van der Waals surface area contributed by atoms with E-state index >= 15 is 0 Å². The molecule has 3 aromatic carbocycles. The van der Waals surface area contributed by atoms with Crippen molar-refractivity contribution in [3.63, 3.8) is 0 Å². The minimum atomic E-state index is -0.381. The highest BCUT2D eigenvalue weighted by atomic mass is 16.5. The number of fused-ring (bicyclic) bond motifs is 1. The molecule has 188 valence electrons. The lowest BCUT2D eigenvalue weighted by molar-refractivity contribution is -0.142. The fourth-order valence-electron chi connectivity index (χ4n) is 3.95. The van der Waals surface area contributed by atoms with Crippen LogP contribution in [-0.4, -0.2) is 30.2 Å². The first-order valence-electron chi connectivity index (χ1n) is 12.0. The lowest BCUT2D eigenvalue weighted by atomic mass is 9.99. The van der Waals surface area contributed by atoms with Gasteiger partial charge in [0.05, 0.1) is 30.1 Å². The lowest BCUT2D eigenvalue weighted by Gasteiger charge is -2.11. The van der Waals surface area contributed by atoms with Crippen molar-refractivity contribution in [2.75, 3.05) is 7.11 Å². The van der Waals surface area contributed by atoms with Crippen molar-refractivity contribution in [3.05, 3.63) is 95.1 Å². The summed E-state index contributed by atoms with van der Waals surface area (Å²) in [6, 6.07) is 22.9. The second-order valence-corrected chi connectivity index (χ2v) is 8.90. The number of aromatic nitrogens is 1. The zero-order valence-electron chi connectivity index (χ0n) is 21.3. The van der Waals surface area contributed by atoms with Crippen LogP contribution in [0.2, 0.25) is 0 Å². The molecule has 37 heavy (non-hydrogen) atoms. The molecule has 0 unspecified atom stereocenters. The number of nitrogens with one attached hydrogen (secondary N) is 1. The number of carbonyl (C=O) groups is 2. The summed E-state index contributed by atoms with van der Waals surface area (Å²) < 4.78 is 10.4. The number of nitrogens with zero attached hydrogens (tertiary/aromatic N) is 2. The van der Waals surface area contributed by atoms with E-state index in [1.165, 1.54) is 18.7 Å². The topological polar surface area (TPSA) is 89.9 Å². The van der Waals surface area contributed by atoms with E-state index in [1.807, 2.05) is 36.4 Å². The number of methoxy groups -OCH3 is 1. The second kappa shape index (κ2) is 11.5. The average molecular weight is 496 g/mol. The maximum Gasteiger partial charge on any atom is 0.302 e. The summed E-state index contributed by atoms with van der Waals surface area (Å²) in [6.07, 6.45) is 1.53. The Kier molecular flexibility index (Phi) is 7.93. The fraction of sp³-hybridized carbons (Fsp3) is 0.200. The minimum absolute atomic E-state index is 0.0798. The van der Waals surface area contributed by atoms with Crippen molar-refractivity contribution >= 4 is 29.0 Å². The van der Waals surface area contributed by atoms with E-state index in [0.717, 1.165) is 16.5 Å². The Bertz CT molecular complexity index is 1460. The molecule has 4 aromatic rings. The molecule has 0 bridgehead atoms. The zero-order valence-corrected chi connectivity index (χ0v) is 21.3.